The fraction of sp³-hybridized carbons (Fsp3) is 0.0769. The third kappa shape index (κ3) is 4.96. The second-order valence-corrected chi connectivity index (χ2v) is 9.32. The van der Waals surface area contributed by atoms with Crippen LogP contribution < -0.4 is 10.6 Å². The standard InChI is InChI=1S/C26H24P2/c1-3-13-23(14-4-1)27-19-21-11-7-9-17-25(21)26-18-10-8-12-22(26)20-28-24-15-5-2-6-16-24/h1-18,27-28H,19-20H2. The van der Waals surface area contributed by atoms with Gasteiger partial charge in [0, 0.05) is 0 Å². The van der Waals surface area contributed by atoms with Crippen molar-refractivity contribution in [2.75, 3.05) is 0 Å². The molecule has 0 aromatic heterocycles. The highest BCUT2D eigenvalue weighted by atomic mass is 31.1. The molecule has 0 aliphatic rings. The van der Waals surface area contributed by atoms with Gasteiger partial charge in [-0.25, -0.2) is 0 Å². The first-order valence-corrected chi connectivity index (χ1v) is 12.1. The smallest absolute Gasteiger partial charge is 0.00541 e. The van der Waals surface area contributed by atoms with Crippen molar-refractivity contribution in [2.24, 2.45) is 0 Å². The molecule has 0 saturated carbocycles. The molecule has 0 fully saturated rings. The average molecular weight is 398 g/mol. The molecule has 0 radical (unpaired) electrons. The van der Waals surface area contributed by atoms with Gasteiger partial charge in [0.1, 0.15) is 0 Å². The third-order valence-electron chi connectivity index (χ3n) is 4.84. The SMILES string of the molecule is c1ccc(PCc2ccccc2-c2ccccc2CPc2ccccc2)cc1. The highest BCUT2D eigenvalue weighted by Gasteiger charge is 2.09. The molecular weight excluding hydrogens is 374 g/mol. The van der Waals surface area contributed by atoms with Crippen LogP contribution in [0.25, 0.3) is 11.1 Å². The average Bonchev–Trinajstić information content (AvgIpc) is 2.78. The zero-order chi connectivity index (χ0) is 19.0. The molecule has 0 saturated heterocycles. The molecule has 28 heavy (non-hydrogen) atoms. The van der Waals surface area contributed by atoms with E-state index in [-0.39, 0.29) is 0 Å². The summed E-state index contributed by atoms with van der Waals surface area (Å²) in [5.74, 6) is 0. The van der Waals surface area contributed by atoms with Crippen LogP contribution >= 0.6 is 17.2 Å². The minimum atomic E-state index is 0.800. The first kappa shape index (κ1) is 19.1. The molecule has 0 heterocycles. The van der Waals surface area contributed by atoms with Crippen molar-refractivity contribution in [2.45, 2.75) is 12.3 Å². The minimum Gasteiger partial charge on any atom is -0.0859 e. The Morgan fingerprint density at radius 2 is 0.750 bits per heavy atom. The van der Waals surface area contributed by atoms with E-state index in [4.69, 9.17) is 0 Å². The van der Waals surface area contributed by atoms with Crippen molar-refractivity contribution in [3.63, 3.8) is 0 Å². The molecule has 2 heteroatoms. The van der Waals surface area contributed by atoms with E-state index in [2.05, 4.69) is 109 Å². The van der Waals surface area contributed by atoms with Crippen LogP contribution in [-0.4, -0.2) is 0 Å². The number of hydrogen-bond donors (Lipinski definition) is 0. The lowest BCUT2D eigenvalue weighted by Gasteiger charge is -2.14. The summed E-state index contributed by atoms with van der Waals surface area (Å²) < 4.78 is 0. The second kappa shape index (κ2) is 9.79. The van der Waals surface area contributed by atoms with Crippen LogP contribution in [0.5, 0.6) is 0 Å². The van der Waals surface area contributed by atoms with Gasteiger partial charge < -0.3 is 0 Å². The van der Waals surface area contributed by atoms with Crippen LogP contribution in [0.3, 0.4) is 0 Å². The van der Waals surface area contributed by atoms with Gasteiger partial charge in [-0.3, -0.25) is 0 Å². The Morgan fingerprint density at radius 3 is 1.18 bits per heavy atom. The minimum absolute atomic E-state index is 0.800. The Labute approximate surface area is 171 Å². The van der Waals surface area contributed by atoms with Gasteiger partial charge in [0.2, 0.25) is 0 Å². The fourth-order valence-corrected chi connectivity index (χ4v) is 5.64. The Kier molecular flexibility index (Phi) is 6.67. The van der Waals surface area contributed by atoms with Gasteiger partial charge in [0.15, 0.2) is 0 Å². The van der Waals surface area contributed by atoms with Gasteiger partial charge >= 0.3 is 0 Å². The maximum atomic E-state index is 2.29. The van der Waals surface area contributed by atoms with Gasteiger partial charge in [-0.15, -0.1) is 0 Å². The molecule has 0 amide bonds. The number of rotatable bonds is 7. The summed E-state index contributed by atoms with van der Waals surface area (Å²) in [6.45, 7) is 0. The largest absolute Gasteiger partial charge is 0.0859 e. The van der Waals surface area contributed by atoms with Crippen molar-refractivity contribution >= 4 is 27.8 Å². The zero-order valence-corrected chi connectivity index (χ0v) is 17.8. The molecule has 2 atom stereocenters. The lowest BCUT2D eigenvalue weighted by Crippen LogP contribution is -1.97. The van der Waals surface area contributed by atoms with Gasteiger partial charge in [0.05, 0.1) is 0 Å². The summed E-state index contributed by atoms with van der Waals surface area (Å²) in [6, 6.07) is 39.5. The predicted molar refractivity (Wildman–Crippen MR) is 128 cm³/mol. The van der Waals surface area contributed by atoms with E-state index in [1.165, 1.54) is 32.9 Å². The van der Waals surface area contributed by atoms with E-state index in [9.17, 15) is 0 Å². The maximum Gasteiger partial charge on any atom is -0.00541 e. The Bertz CT molecular complexity index is 926. The molecule has 0 bridgehead atoms. The number of benzene rings is 4. The maximum absolute atomic E-state index is 2.29. The summed E-state index contributed by atoms with van der Waals surface area (Å²) in [4.78, 5) is 0. The summed E-state index contributed by atoms with van der Waals surface area (Å²) in [5.41, 5.74) is 5.67. The molecule has 0 aliphatic heterocycles. The number of hydrogen-bond acceptors (Lipinski definition) is 0. The van der Waals surface area contributed by atoms with Gasteiger partial charge in [0.25, 0.3) is 0 Å². The molecular formula is C26H24P2. The van der Waals surface area contributed by atoms with Crippen molar-refractivity contribution in [1.29, 1.82) is 0 Å². The van der Waals surface area contributed by atoms with Gasteiger partial charge in [-0.1, -0.05) is 126 Å². The molecule has 0 spiro atoms. The normalized spacial score (nSPS) is 11.6. The third-order valence-corrected chi connectivity index (χ3v) is 7.44. The van der Waals surface area contributed by atoms with Crippen molar-refractivity contribution in [1.82, 2.24) is 0 Å². The zero-order valence-electron chi connectivity index (χ0n) is 15.8. The highest BCUT2D eigenvalue weighted by Crippen LogP contribution is 2.33. The molecule has 0 aliphatic carbocycles. The predicted octanol–water partition coefficient (Wildman–Crippen LogP) is 6.36. The van der Waals surface area contributed by atoms with E-state index < -0.39 is 0 Å². The first-order chi connectivity index (χ1) is 13.9. The van der Waals surface area contributed by atoms with Crippen LogP contribution in [0.1, 0.15) is 11.1 Å². The van der Waals surface area contributed by atoms with E-state index in [0.29, 0.717) is 0 Å². The van der Waals surface area contributed by atoms with Gasteiger partial charge in [-0.2, -0.15) is 0 Å². The molecule has 0 N–H and O–H groups in total. The van der Waals surface area contributed by atoms with Gasteiger partial charge in [-0.05, 0) is 45.2 Å². The Balaban J connectivity index is 1.57. The molecule has 4 rings (SSSR count). The summed E-state index contributed by atoms with van der Waals surface area (Å²) >= 11 is 0. The van der Waals surface area contributed by atoms with Crippen molar-refractivity contribution in [3.05, 3.63) is 120 Å². The van der Waals surface area contributed by atoms with Crippen LogP contribution in [0.2, 0.25) is 0 Å². The summed E-state index contributed by atoms with van der Waals surface area (Å²) in [6.07, 6.45) is 2.19. The highest BCUT2D eigenvalue weighted by molar-refractivity contribution is 7.46. The quantitative estimate of drug-likeness (QED) is 0.318. The van der Waals surface area contributed by atoms with E-state index in [1.54, 1.807) is 0 Å². The summed E-state index contributed by atoms with van der Waals surface area (Å²) in [5, 5.41) is 2.85. The molecule has 138 valence electrons. The van der Waals surface area contributed by atoms with E-state index >= 15 is 0 Å². The van der Waals surface area contributed by atoms with Crippen LogP contribution in [-0.2, 0) is 12.3 Å². The van der Waals surface area contributed by atoms with Crippen molar-refractivity contribution in [3.8, 4) is 11.1 Å². The molecule has 0 nitrogen and oxygen atoms in total. The molecule has 4 aromatic rings. The fourth-order valence-electron chi connectivity index (χ4n) is 3.38. The molecule has 2 unspecified atom stereocenters. The van der Waals surface area contributed by atoms with Crippen LogP contribution in [0.4, 0.5) is 0 Å². The van der Waals surface area contributed by atoms with Crippen LogP contribution in [0.15, 0.2) is 109 Å². The van der Waals surface area contributed by atoms with E-state index in [0.717, 1.165) is 29.5 Å². The lowest BCUT2D eigenvalue weighted by molar-refractivity contribution is 1.36. The first-order valence-electron chi connectivity index (χ1n) is 9.64. The monoisotopic (exact) mass is 398 g/mol. The molecule has 4 aromatic carbocycles. The topological polar surface area (TPSA) is 0 Å². The Morgan fingerprint density at radius 1 is 0.393 bits per heavy atom. The lowest BCUT2D eigenvalue weighted by atomic mass is 9.97. The Hall–Kier alpha value is -2.26. The van der Waals surface area contributed by atoms with Crippen molar-refractivity contribution < 1.29 is 0 Å². The second-order valence-electron chi connectivity index (χ2n) is 6.75. The summed E-state index contributed by atoms with van der Waals surface area (Å²) in [7, 11) is 1.60. The van der Waals surface area contributed by atoms with Crippen LogP contribution in [0, 0.1) is 0 Å². The van der Waals surface area contributed by atoms with E-state index in [1.807, 2.05) is 0 Å².